The molecule has 2 atom stereocenters. The van der Waals surface area contributed by atoms with Gasteiger partial charge in [0.25, 0.3) is 0 Å². The minimum atomic E-state index is -3.91. The molecular formula is C32H36N2O7S. The fraction of sp³-hybridized carbons (Fsp3) is 0.375. The highest BCUT2D eigenvalue weighted by Crippen LogP contribution is 2.43. The van der Waals surface area contributed by atoms with Gasteiger partial charge in [-0.05, 0) is 67.0 Å². The number of nitrogens with zero attached hydrogens (tertiary/aromatic N) is 1. The molecule has 9 nitrogen and oxygen atoms in total. The maximum absolute atomic E-state index is 13.8. The van der Waals surface area contributed by atoms with Crippen molar-refractivity contribution in [3.8, 4) is 22.6 Å². The average molecular weight is 593 g/mol. The lowest BCUT2D eigenvalue weighted by molar-refractivity contribution is -0.146. The molecule has 1 N–H and O–H groups in total. The third-order valence-corrected chi connectivity index (χ3v) is 10.3. The van der Waals surface area contributed by atoms with E-state index in [1.165, 1.54) is 11.4 Å². The van der Waals surface area contributed by atoms with E-state index < -0.39 is 34.0 Å². The number of rotatable bonds is 10. The first-order chi connectivity index (χ1) is 20.3. The Morgan fingerprint density at radius 1 is 0.857 bits per heavy atom. The van der Waals surface area contributed by atoms with Crippen molar-refractivity contribution in [3.63, 3.8) is 0 Å². The van der Waals surface area contributed by atoms with Crippen molar-refractivity contribution in [2.45, 2.75) is 55.1 Å². The molecule has 6 rings (SSSR count). The second-order valence-electron chi connectivity index (χ2n) is 10.7. The molecule has 0 aromatic heterocycles. The Bertz CT molecular complexity index is 1500. The number of fused-ring (bicyclic) bond motifs is 3. The first kappa shape index (κ1) is 29.6. The van der Waals surface area contributed by atoms with E-state index >= 15 is 0 Å². The largest absolute Gasteiger partial charge is 0.496 e. The fourth-order valence-electron chi connectivity index (χ4n) is 6.27. The number of hydrogen-bond acceptors (Lipinski definition) is 7. The maximum Gasteiger partial charge on any atom is 0.328 e. The standard InChI is InChI=1S/C32H36N2O7S/c1-39-27-10-7-11-28(40-2)29(27)22-14-12-21(13-15-22)20-26(32(36)41-3)33-31(35)30-23-16-18-24(19-17-23)34(30)42(37,38)25-8-5-4-6-9-25/h4-15,23-24,26,30H,16-20H2,1-3H3,(H,33,35)/t23?,24?,26-,30-/m0/s1. The number of sulfonamides is 1. The van der Waals surface area contributed by atoms with Gasteiger partial charge in [-0.2, -0.15) is 4.31 Å². The molecule has 3 aromatic rings. The first-order valence-corrected chi connectivity index (χ1v) is 15.5. The van der Waals surface area contributed by atoms with Crippen LogP contribution in [0.4, 0.5) is 0 Å². The van der Waals surface area contributed by atoms with Crippen molar-refractivity contribution >= 4 is 21.9 Å². The van der Waals surface area contributed by atoms with Crippen LogP contribution in [-0.2, 0) is 30.8 Å². The van der Waals surface area contributed by atoms with E-state index in [-0.39, 0.29) is 23.3 Å². The molecule has 3 aromatic carbocycles. The zero-order chi connectivity index (χ0) is 29.9. The Hall–Kier alpha value is -3.89. The normalized spacial score (nSPS) is 20.9. The van der Waals surface area contributed by atoms with Gasteiger partial charge in [0.05, 0.1) is 31.8 Å². The first-order valence-electron chi connectivity index (χ1n) is 14.1. The molecule has 2 bridgehead atoms. The van der Waals surface area contributed by atoms with E-state index in [1.807, 2.05) is 42.5 Å². The van der Waals surface area contributed by atoms with Gasteiger partial charge in [0.15, 0.2) is 0 Å². The number of amides is 1. The van der Waals surface area contributed by atoms with Crippen molar-refractivity contribution < 1.29 is 32.2 Å². The third-order valence-electron chi connectivity index (χ3n) is 8.32. The minimum Gasteiger partial charge on any atom is -0.496 e. The molecule has 222 valence electrons. The Balaban J connectivity index is 1.38. The van der Waals surface area contributed by atoms with Crippen molar-refractivity contribution in [2.24, 2.45) is 5.92 Å². The molecule has 1 aliphatic carbocycles. The molecular weight excluding hydrogens is 556 g/mol. The van der Waals surface area contributed by atoms with Crippen LogP contribution in [0.15, 0.2) is 77.7 Å². The number of esters is 1. The van der Waals surface area contributed by atoms with Crippen molar-refractivity contribution in [1.82, 2.24) is 9.62 Å². The van der Waals surface area contributed by atoms with Crippen molar-refractivity contribution in [3.05, 3.63) is 78.4 Å². The van der Waals surface area contributed by atoms with Crippen LogP contribution in [0.25, 0.3) is 11.1 Å². The predicted octanol–water partition coefficient (Wildman–Crippen LogP) is 4.20. The van der Waals surface area contributed by atoms with Crippen LogP contribution in [0.3, 0.4) is 0 Å². The Kier molecular flexibility index (Phi) is 8.84. The highest BCUT2D eigenvalue weighted by atomic mass is 32.2. The van der Waals surface area contributed by atoms with E-state index in [9.17, 15) is 18.0 Å². The number of benzene rings is 3. The van der Waals surface area contributed by atoms with Crippen LogP contribution < -0.4 is 14.8 Å². The molecule has 1 saturated carbocycles. The summed E-state index contributed by atoms with van der Waals surface area (Å²) in [5.74, 6) is 0.131. The van der Waals surface area contributed by atoms with Gasteiger partial charge in [-0.1, -0.05) is 48.5 Å². The van der Waals surface area contributed by atoms with Gasteiger partial charge >= 0.3 is 5.97 Å². The van der Waals surface area contributed by atoms with Crippen molar-refractivity contribution in [2.75, 3.05) is 21.3 Å². The summed E-state index contributed by atoms with van der Waals surface area (Å²) in [7, 11) is 0.552. The number of piperidine rings is 2. The van der Waals surface area contributed by atoms with Crippen molar-refractivity contribution in [1.29, 1.82) is 0 Å². The molecule has 0 spiro atoms. The number of nitrogens with one attached hydrogen (secondary N) is 1. The fourth-order valence-corrected chi connectivity index (χ4v) is 8.18. The quantitative estimate of drug-likeness (QED) is 0.351. The summed E-state index contributed by atoms with van der Waals surface area (Å²) < 4.78 is 45.0. The summed E-state index contributed by atoms with van der Waals surface area (Å²) >= 11 is 0. The number of carbonyl (C=O) groups is 2. The van der Waals surface area contributed by atoms with Crippen LogP contribution in [0.1, 0.15) is 31.2 Å². The van der Waals surface area contributed by atoms with Crippen LogP contribution in [0.2, 0.25) is 0 Å². The number of ether oxygens (including phenoxy) is 3. The van der Waals surface area contributed by atoms with Crippen LogP contribution >= 0.6 is 0 Å². The highest BCUT2D eigenvalue weighted by molar-refractivity contribution is 7.89. The summed E-state index contributed by atoms with van der Waals surface area (Å²) in [4.78, 5) is 26.8. The summed E-state index contributed by atoms with van der Waals surface area (Å²) in [5, 5.41) is 2.85. The van der Waals surface area contributed by atoms with Gasteiger partial charge in [0.1, 0.15) is 23.6 Å². The predicted molar refractivity (Wildman–Crippen MR) is 158 cm³/mol. The van der Waals surface area contributed by atoms with Crippen LogP contribution in [-0.4, -0.2) is 64.1 Å². The lowest BCUT2D eigenvalue weighted by Crippen LogP contribution is -2.63. The van der Waals surface area contributed by atoms with Gasteiger partial charge in [0.2, 0.25) is 15.9 Å². The molecule has 3 aliphatic rings. The molecule has 1 amide bonds. The molecule has 2 saturated heterocycles. The molecule has 0 radical (unpaired) electrons. The Labute approximate surface area is 246 Å². The molecule has 3 fully saturated rings. The van der Waals surface area contributed by atoms with Gasteiger partial charge in [0, 0.05) is 12.5 Å². The number of hydrogen-bond donors (Lipinski definition) is 1. The molecule has 42 heavy (non-hydrogen) atoms. The topological polar surface area (TPSA) is 111 Å². The van der Waals surface area contributed by atoms with E-state index in [1.54, 1.807) is 44.6 Å². The molecule has 0 unspecified atom stereocenters. The zero-order valence-electron chi connectivity index (χ0n) is 24.0. The Morgan fingerprint density at radius 2 is 1.48 bits per heavy atom. The third kappa shape index (κ3) is 5.73. The molecule has 2 aliphatic heterocycles. The number of methoxy groups -OCH3 is 3. The van der Waals surface area contributed by atoms with Gasteiger partial charge < -0.3 is 19.5 Å². The zero-order valence-corrected chi connectivity index (χ0v) is 24.8. The number of carbonyl (C=O) groups excluding carboxylic acids is 2. The summed E-state index contributed by atoms with van der Waals surface area (Å²) in [6.45, 7) is 0. The smallest absolute Gasteiger partial charge is 0.328 e. The lowest BCUT2D eigenvalue weighted by atomic mass is 9.76. The van der Waals surface area contributed by atoms with Crippen LogP contribution in [0, 0.1) is 5.92 Å². The van der Waals surface area contributed by atoms with E-state index in [0.29, 0.717) is 24.3 Å². The van der Waals surface area contributed by atoms with Gasteiger partial charge in [-0.3, -0.25) is 4.79 Å². The maximum atomic E-state index is 13.8. The van der Waals surface area contributed by atoms with Gasteiger partial charge in [-0.25, -0.2) is 13.2 Å². The summed E-state index contributed by atoms with van der Waals surface area (Å²) in [5.41, 5.74) is 2.47. The van der Waals surface area contributed by atoms with E-state index in [2.05, 4.69) is 5.32 Å². The highest BCUT2D eigenvalue weighted by Gasteiger charge is 2.51. The second kappa shape index (κ2) is 12.5. The molecule has 2 heterocycles. The van der Waals surface area contributed by atoms with Crippen LogP contribution in [0.5, 0.6) is 11.5 Å². The minimum absolute atomic E-state index is 0.123. The van der Waals surface area contributed by atoms with E-state index in [4.69, 9.17) is 14.2 Å². The lowest BCUT2D eigenvalue weighted by Gasteiger charge is -2.49. The monoisotopic (exact) mass is 592 g/mol. The average Bonchev–Trinajstić information content (AvgIpc) is 3.04. The SMILES string of the molecule is COC(=O)[C@H](Cc1ccc(-c2c(OC)cccc2OC)cc1)NC(=O)[C@@H]1C2CCC(CC2)N1S(=O)(=O)c1ccccc1. The molecule has 10 heteroatoms. The Morgan fingerprint density at radius 3 is 2.05 bits per heavy atom. The summed E-state index contributed by atoms with van der Waals surface area (Å²) in [6.07, 6.45) is 3.13. The van der Waals surface area contributed by atoms with E-state index in [0.717, 1.165) is 29.5 Å². The summed E-state index contributed by atoms with van der Waals surface area (Å²) in [6, 6.07) is 19.2. The van der Waals surface area contributed by atoms with Gasteiger partial charge in [-0.15, -0.1) is 0 Å². The second-order valence-corrected chi connectivity index (χ2v) is 12.5.